The molecule has 3 aromatic rings. The van der Waals surface area contributed by atoms with Gasteiger partial charge in [0, 0.05) is 22.9 Å². The lowest BCUT2D eigenvalue weighted by Gasteiger charge is -2.06. The van der Waals surface area contributed by atoms with Crippen molar-refractivity contribution in [1.82, 2.24) is 0 Å². The maximum atomic E-state index is 11.8. The van der Waals surface area contributed by atoms with Gasteiger partial charge in [-0.25, -0.2) is 4.79 Å². The molecule has 0 amide bonds. The first-order valence-corrected chi connectivity index (χ1v) is 5.32. The summed E-state index contributed by atoms with van der Waals surface area (Å²) in [5.41, 5.74) is -0.761. The summed E-state index contributed by atoms with van der Waals surface area (Å²) >= 11 is 0. The third-order valence-corrected chi connectivity index (χ3v) is 2.88. The van der Waals surface area contributed by atoms with E-state index in [1.165, 1.54) is 12.1 Å². The monoisotopic (exact) mass is 260 g/mol. The summed E-state index contributed by atoms with van der Waals surface area (Å²) in [6.07, 6.45) is 0. The van der Waals surface area contributed by atoms with Gasteiger partial charge >= 0.3 is 5.63 Å². The van der Waals surface area contributed by atoms with Gasteiger partial charge in [0.05, 0.1) is 0 Å². The van der Waals surface area contributed by atoms with Crippen molar-refractivity contribution in [1.29, 1.82) is 0 Å². The van der Waals surface area contributed by atoms with Crippen LogP contribution in [0.3, 0.4) is 0 Å². The molecule has 1 aromatic heterocycles. The first-order chi connectivity index (χ1) is 8.97. The quantitative estimate of drug-likeness (QED) is 0.278. The predicted molar refractivity (Wildman–Crippen MR) is 66.6 cm³/mol. The van der Waals surface area contributed by atoms with E-state index in [9.17, 15) is 25.2 Å². The van der Waals surface area contributed by atoms with Gasteiger partial charge in [0.2, 0.25) is 0 Å². The minimum Gasteiger partial charge on any atom is -0.508 e. The molecule has 0 saturated carbocycles. The molecule has 2 aromatic carbocycles. The summed E-state index contributed by atoms with van der Waals surface area (Å²) in [6.45, 7) is 0. The van der Waals surface area contributed by atoms with Crippen molar-refractivity contribution in [3.63, 3.8) is 0 Å². The first-order valence-electron chi connectivity index (χ1n) is 5.32. The van der Waals surface area contributed by atoms with Gasteiger partial charge in [-0.1, -0.05) is 0 Å². The van der Waals surface area contributed by atoms with Crippen molar-refractivity contribution in [2.45, 2.75) is 0 Å². The fourth-order valence-electron chi connectivity index (χ4n) is 2.04. The van der Waals surface area contributed by atoms with Gasteiger partial charge in [0.15, 0.2) is 11.5 Å². The number of hydrogen-bond donors (Lipinski definition) is 4. The molecule has 0 spiro atoms. The Morgan fingerprint density at radius 3 is 2.21 bits per heavy atom. The van der Waals surface area contributed by atoms with Crippen LogP contribution in [-0.2, 0) is 0 Å². The van der Waals surface area contributed by atoms with Crippen LogP contribution in [-0.4, -0.2) is 20.4 Å². The van der Waals surface area contributed by atoms with E-state index in [0.717, 1.165) is 12.1 Å². The van der Waals surface area contributed by atoms with Gasteiger partial charge in [0.25, 0.3) is 0 Å². The lowest BCUT2D eigenvalue weighted by atomic mass is 10.1. The number of rotatable bonds is 0. The van der Waals surface area contributed by atoms with Gasteiger partial charge in [-0.2, -0.15) is 0 Å². The molecule has 0 saturated heterocycles. The average Bonchev–Trinajstić information content (AvgIpc) is 2.31. The van der Waals surface area contributed by atoms with Crippen molar-refractivity contribution in [2.24, 2.45) is 0 Å². The average molecular weight is 260 g/mol. The highest BCUT2D eigenvalue weighted by atomic mass is 16.4. The van der Waals surface area contributed by atoms with Crippen LogP contribution >= 0.6 is 0 Å². The van der Waals surface area contributed by atoms with Crippen LogP contribution < -0.4 is 5.63 Å². The summed E-state index contributed by atoms with van der Waals surface area (Å²) in [5, 5.41) is 38.4. The summed E-state index contributed by atoms with van der Waals surface area (Å²) in [5.74, 6) is -1.48. The predicted octanol–water partition coefficient (Wildman–Crippen LogP) is 1.77. The van der Waals surface area contributed by atoms with Crippen molar-refractivity contribution in [3.8, 4) is 23.0 Å². The van der Waals surface area contributed by atoms with Gasteiger partial charge in [0.1, 0.15) is 22.5 Å². The Balaban J connectivity index is 2.66. The number of phenolic OH excluding ortho intramolecular Hbond substituents is 4. The summed E-state index contributed by atoms with van der Waals surface area (Å²) in [7, 11) is 0. The molecule has 0 radical (unpaired) electrons. The van der Waals surface area contributed by atoms with Gasteiger partial charge in [-0.05, 0) is 12.1 Å². The second kappa shape index (κ2) is 3.55. The second-order valence-corrected chi connectivity index (χ2v) is 4.11. The Labute approximate surface area is 105 Å². The standard InChI is InChI=1S/C13H8O6/c14-5-1-7-6-3-8(15)9(16)4-11(6)19-13(18)12(7)10(17)2-5/h1-4,14-17H. The molecule has 0 aliphatic carbocycles. The van der Waals surface area contributed by atoms with Crippen molar-refractivity contribution in [2.75, 3.05) is 0 Å². The lowest BCUT2D eigenvalue weighted by Crippen LogP contribution is -2.00. The molecule has 0 unspecified atom stereocenters. The SMILES string of the molecule is O=c1oc2cc(O)c(O)cc2c2cc(O)cc(O)c12. The molecule has 0 atom stereocenters. The summed E-state index contributed by atoms with van der Waals surface area (Å²) < 4.78 is 4.96. The van der Waals surface area contributed by atoms with Crippen LogP contribution in [0.1, 0.15) is 0 Å². The maximum Gasteiger partial charge on any atom is 0.347 e. The highest BCUT2D eigenvalue weighted by molar-refractivity contribution is 6.07. The Hall–Kier alpha value is -2.89. The number of aromatic hydroxyl groups is 4. The molecular formula is C13H8O6. The maximum absolute atomic E-state index is 11.8. The smallest absolute Gasteiger partial charge is 0.347 e. The highest BCUT2D eigenvalue weighted by Crippen LogP contribution is 2.36. The van der Waals surface area contributed by atoms with E-state index in [-0.39, 0.29) is 27.5 Å². The van der Waals surface area contributed by atoms with Crippen LogP contribution in [0.2, 0.25) is 0 Å². The molecule has 6 heteroatoms. The molecule has 0 aliphatic rings. The minimum absolute atomic E-state index is 0.0396. The second-order valence-electron chi connectivity index (χ2n) is 4.11. The topological polar surface area (TPSA) is 111 Å². The van der Waals surface area contributed by atoms with Gasteiger partial charge in [-0.15, -0.1) is 0 Å². The Morgan fingerprint density at radius 2 is 1.47 bits per heavy atom. The highest BCUT2D eigenvalue weighted by Gasteiger charge is 2.14. The van der Waals surface area contributed by atoms with Crippen molar-refractivity contribution >= 4 is 21.7 Å². The fourth-order valence-corrected chi connectivity index (χ4v) is 2.04. The van der Waals surface area contributed by atoms with Crippen LogP contribution in [0.5, 0.6) is 23.0 Å². The third kappa shape index (κ3) is 1.54. The number of phenols is 4. The van der Waals surface area contributed by atoms with Crippen molar-refractivity contribution < 1.29 is 24.8 Å². The van der Waals surface area contributed by atoms with E-state index in [1.54, 1.807) is 0 Å². The van der Waals surface area contributed by atoms with Crippen LogP contribution in [0.25, 0.3) is 21.7 Å². The Bertz CT molecular complexity index is 878. The summed E-state index contributed by atoms with van der Waals surface area (Å²) in [6, 6.07) is 4.57. The molecule has 0 aliphatic heterocycles. The zero-order chi connectivity index (χ0) is 13.7. The Kier molecular flexibility index (Phi) is 2.10. The van der Waals surface area contributed by atoms with E-state index in [1.807, 2.05) is 0 Å². The van der Waals surface area contributed by atoms with Crippen LogP contribution in [0.4, 0.5) is 0 Å². The molecule has 96 valence electrons. The number of benzene rings is 2. The third-order valence-electron chi connectivity index (χ3n) is 2.88. The minimum atomic E-state index is -0.801. The first kappa shape index (κ1) is 11.2. The molecule has 3 rings (SSSR count). The molecule has 1 heterocycles. The molecule has 6 nitrogen and oxygen atoms in total. The molecule has 0 fully saturated rings. The molecule has 4 N–H and O–H groups in total. The Morgan fingerprint density at radius 1 is 0.789 bits per heavy atom. The van der Waals surface area contributed by atoms with E-state index >= 15 is 0 Å². The lowest BCUT2D eigenvalue weighted by molar-refractivity contribution is 0.403. The number of hydrogen-bond acceptors (Lipinski definition) is 6. The zero-order valence-electron chi connectivity index (χ0n) is 9.41. The summed E-state index contributed by atoms with van der Waals surface area (Å²) in [4.78, 5) is 11.8. The normalized spacial score (nSPS) is 11.2. The molecule has 0 bridgehead atoms. The van der Waals surface area contributed by atoms with E-state index in [0.29, 0.717) is 0 Å². The van der Waals surface area contributed by atoms with Crippen LogP contribution in [0, 0.1) is 0 Å². The van der Waals surface area contributed by atoms with E-state index < -0.39 is 22.9 Å². The fraction of sp³-hybridized carbons (Fsp3) is 0. The van der Waals surface area contributed by atoms with Gasteiger partial charge < -0.3 is 24.8 Å². The molecule has 19 heavy (non-hydrogen) atoms. The van der Waals surface area contributed by atoms with Crippen LogP contribution in [0.15, 0.2) is 33.5 Å². The van der Waals surface area contributed by atoms with E-state index in [4.69, 9.17) is 4.42 Å². The van der Waals surface area contributed by atoms with E-state index in [2.05, 4.69) is 0 Å². The zero-order valence-corrected chi connectivity index (χ0v) is 9.41. The van der Waals surface area contributed by atoms with Gasteiger partial charge in [-0.3, -0.25) is 0 Å². The van der Waals surface area contributed by atoms with Crippen molar-refractivity contribution in [3.05, 3.63) is 34.7 Å². The largest absolute Gasteiger partial charge is 0.508 e. The number of fused-ring (bicyclic) bond motifs is 3. The molecular weight excluding hydrogens is 252 g/mol.